The van der Waals surface area contributed by atoms with Crippen molar-refractivity contribution in [3.8, 4) is 28.7 Å². The van der Waals surface area contributed by atoms with E-state index >= 15 is 0 Å². The lowest BCUT2D eigenvalue weighted by Gasteiger charge is -2.16. The third kappa shape index (κ3) is 6.25. The molecule has 0 saturated carbocycles. The molecule has 1 atom stereocenters. The highest BCUT2D eigenvalue weighted by molar-refractivity contribution is 6.36. The van der Waals surface area contributed by atoms with E-state index in [1.165, 1.54) is 0 Å². The lowest BCUT2D eigenvalue weighted by Crippen LogP contribution is -2.23. The van der Waals surface area contributed by atoms with Gasteiger partial charge in [0, 0.05) is 42.0 Å². The summed E-state index contributed by atoms with van der Waals surface area (Å²) in [4.78, 5) is 41.2. The largest absolute Gasteiger partial charge is 0.481 e. The monoisotopic (exact) mass is 713 g/mol. The Bertz CT molecular complexity index is 2440. The van der Waals surface area contributed by atoms with Crippen molar-refractivity contribution in [2.75, 3.05) is 31.6 Å². The number of halogens is 1. The van der Waals surface area contributed by atoms with Gasteiger partial charge in [0.25, 0.3) is 0 Å². The highest BCUT2D eigenvalue weighted by Crippen LogP contribution is 2.40. The maximum atomic E-state index is 11.9. The molecule has 3 aromatic heterocycles. The van der Waals surface area contributed by atoms with Crippen LogP contribution in [0, 0.1) is 24.2 Å². The number of oxazole rings is 1. The first-order valence-corrected chi connectivity index (χ1v) is 17.2. The number of hydrogen-bond acceptors (Lipinski definition) is 10. The molecule has 5 heterocycles. The summed E-state index contributed by atoms with van der Waals surface area (Å²) in [5.74, 6) is -0.237. The second-order valence-corrected chi connectivity index (χ2v) is 13.4. The van der Waals surface area contributed by atoms with Crippen molar-refractivity contribution in [3.05, 3.63) is 100 Å². The third-order valence-electron chi connectivity index (χ3n) is 9.68. The number of pyridine rings is 2. The van der Waals surface area contributed by atoms with E-state index in [1.807, 2.05) is 61.5 Å². The second-order valence-electron chi connectivity index (χ2n) is 13.1. The van der Waals surface area contributed by atoms with Gasteiger partial charge in [0.2, 0.25) is 5.89 Å². The van der Waals surface area contributed by atoms with E-state index in [0.717, 1.165) is 38.8 Å². The summed E-state index contributed by atoms with van der Waals surface area (Å²) in [5, 5.41) is 24.1. The van der Waals surface area contributed by atoms with Crippen LogP contribution in [0.15, 0.2) is 77.5 Å². The predicted molar refractivity (Wildman–Crippen MR) is 195 cm³/mol. The standard InChI is InChI=1S/C39H32ClN7O5/c1-22-28(4-2-5-29(22)37-45-32-16-23(14-27(17-41)35(32)52-37)19-46-11-9-26(21-46)38(48)49)30-6-3-7-31(33(30)40)44-36-34-25(8-10-42-36)15-24(18-43-34)20-47-12-13-51-39(47)50/h2-8,10,14-16,18,26H,9,11-13,19-21H2,1H3,(H,42,44)(H,48,49)/t26-/m1/s1. The molecule has 2 fully saturated rings. The number of fused-ring (bicyclic) bond motifs is 2. The average Bonchev–Trinajstić information content (AvgIpc) is 3.89. The van der Waals surface area contributed by atoms with Crippen LogP contribution >= 0.6 is 11.6 Å². The highest BCUT2D eigenvalue weighted by Gasteiger charge is 2.28. The molecule has 2 aliphatic heterocycles. The molecule has 0 bridgehead atoms. The molecule has 0 spiro atoms. The number of aliphatic carboxylic acids is 1. The molecule has 3 aromatic carbocycles. The van der Waals surface area contributed by atoms with Gasteiger partial charge in [-0.15, -0.1) is 0 Å². The molecule has 13 heteroatoms. The molecule has 0 unspecified atom stereocenters. The van der Waals surface area contributed by atoms with E-state index in [4.69, 9.17) is 25.7 Å². The Morgan fingerprint density at radius 2 is 1.88 bits per heavy atom. The number of carboxylic acids is 1. The van der Waals surface area contributed by atoms with Gasteiger partial charge in [-0.1, -0.05) is 35.9 Å². The molecule has 6 aromatic rings. The van der Waals surface area contributed by atoms with Crippen LogP contribution in [0.2, 0.25) is 5.02 Å². The number of carbonyl (C=O) groups is 2. The van der Waals surface area contributed by atoms with Crippen molar-refractivity contribution in [3.63, 3.8) is 0 Å². The lowest BCUT2D eigenvalue weighted by molar-refractivity contribution is -0.141. The summed E-state index contributed by atoms with van der Waals surface area (Å²) < 4.78 is 11.3. The zero-order chi connectivity index (χ0) is 35.9. The summed E-state index contributed by atoms with van der Waals surface area (Å²) in [6.07, 6.45) is 3.72. The fraction of sp³-hybridized carbons (Fsp3) is 0.231. The Kier molecular flexibility index (Phi) is 8.66. The summed E-state index contributed by atoms with van der Waals surface area (Å²) in [7, 11) is 0. The SMILES string of the molecule is Cc1c(-c2nc3cc(CN4CC[C@@H](C(=O)O)C4)cc(C#N)c3o2)cccc1-c1cccc(Nc2nccc3cc(CN4CCOC4=O)cnc23)c1Cl. The summed E-state index contributed by atoms with van der Waals surface area (Å²) in [6.45, 7) is 5.01. The third-order valence-corrected chi connectivity index (χ3v) is 10.1. The lowest BCUT2D eigenvalue weighted by atomic mass is 9.96. The number of nitrogens with one attached hydrogen (secondary N) is 1. The molecule has 52 heavy (non-hydrogen) atoms. The number of nitriles is 1. The number of carboxylic acid groups (broad SMARTS) is 1. The Balaban J connectivity index is 1.07. The van der Waals surface area contributed by atoms with E-state index in [-0.39, 0.29) is 12.0 Å². The molecule has 0 aliphatic carbocycles. The summed E-state index contributed by atoms with van der Waals surface area (Å²) >= 11 is 7.09. The Hall–Kier alpha value is -6.03. The van der Waals surface area contributed by atoms with Crippen LogP contribution in [0.5, 0.6) is 0 Å². The number of cyclic esters (lactones) is 1. The molecule has 8 rings (SSSR count). The summed E-state index contributed by atoms with van der Waals surface area (Å²) in [6, 6.07) is 21.4. The zero-order valence-corrected chi connectivity index (χ0v) is 28.9. The van der Waals surface area contributed by atoms with E-state index in [9.17, 15) is 20.0 Å². The molecule has 2 saturated heterocycles. The number of aromatic nitrogens is 3. The molecular formula is C39H32ClN7O5. The van der Waals surface area contributed by atoms with Gasteiger partial charge < -0.3 is 24.5 Å². The molecule has 260 valence electrons. The van der Waals surface area contributed by atoms with Gasteiger partial charge in [0.05, 0.1) is 35.3 Å². The molecule has 12 nitrogen and oxygen atoms in total. The number of ether oxygens (including phenoxy) is 1. The van der Waals surface area contributed by atoms with Crippen molar-refractivity contribution in [1.82, 2.24) is 24.8 Å². The van der Waals surface area contributed by atoms with E-state index < -0.39 is 5.97 Å². The number of likely N-dealkylation sites (tertiary alicyclic amines) is 1. The van der Waals surface area contributed by atoms with Gasteiger partial charge in [-0.25, -0.2) is 14.8 Å². The van der Waals surface area contributed by atoms with Crippen LogP contribution in [0.1, 0.15) is 28.7 Å². The van der Waals surface area contributed by atoms with Crippen molar-refractivity contribution in [2.45, 2.75) is 26.4 Å². The number of benzene rings is 3. The average molecular weight is 714 g/mol. The van der Waals surface area contributed by atoms with Crippen LogP contribution in [-0.2, 0) is 22.6 Å². The van der Waals surface area contributed by atoms with E-state index in [1.54, 1.807) is 23.4 Å². The highest BCUT2D eigenvalue weighted by atomic mass is 35.5. The predicted octanol–water partition coefficient (Wildman–Crippen LogP) is 7.54. The fourth-order valence-corrected chi connectivity index (χ4v) is 7.29. The van der Waals surface area contributed by atoms with Crippen molar-refractivity contribution in [1.29, 1.82) is 5.26 Å². The van der Waals surface area contributed by atoms with Crippen LogP contribution in [0.4, 0.5) is 16.3 Å². The molecular weight excluding hydrogens is 682 g/mol. The maximum Gasteiger partial charge on any atom is 0.410 e. The summed E-state index contributed by atoms with van der Waals surface area (Å²) in [5.41, 5.74) is 7.74. The van der Waals surface area contributed by atoms with E-state index in [0.29, 0.717) is 90.3 Å². The minimum atomic E-state index is -0.780. The van der Waals surface area contributed by atoms with Crippen molar-refractivity contribution < 1.29 is 23.8 Å². The number of hydrogen-bond donors (Lipinski definition) is 2. The maximum absolute atomic E-state index is 11.9. The first-order chi connectivity index (χ1) is 25.2. The molecule has 1 amide bonds. The van der Waals surface area contributed by atoms with Gasteiger partial charge in [-0.3, -0.25) is 14.7 Å². The minimum absolute atomic E-state index is 0.323. The van der Waals surface area contributed by atoms with Crippen LogP contribution < -0.4 is 5.32 Å². The van der Waals surface area contributed by atoms with Crippen LogP contribution in [0.25, 0.3) is 44.6 Å². The number of anilines is 2. The first kappa shape index (κ1) is 33.1. The first-order valence-electron chi connectivity index (χ1n) is 16.9. The topological polar surface area (TPSA) is 158 Å². The van der Waals surface area contributed by atoms with Crippen molar-refractivity contribution in [2.24, 2.45) is 5.92 Å². The minimum Gasteiger partial charge on any atom is -0.481 e. The Morgan fingerprint density at radius 3 is 2.67 bits per heavy atom. The molecule has 0 radical (unpaired) electrons. The quantitative estimate of drug-likeness (QED) is 0.152. The van der Waals surface area contributed by atoms with Gasteiger partial charge in [0.15, 0.2) is 11.4 Å². The normalized spacial score (nSPS) is 16.1. The van der Waals surface area contributed by atoms with E-state index in [2.05, 4.69) is 26.3 Å². The fourth-order valence-electron chi connectivity index (χ4n) is 7.01. The van der Waals surface area contributed by atoms with Crippen LogP contribution in [-0.4, -0.2) is 68.2 Å². The second kappa shape index (κ2) is 13.6. The molecule has 2 N–H and O–H groups in total. The van der Waals surface area contributed by atoms with Crippen molar-refractivity contribution >= 4 is 57.2 Å². The van der Waals surface area contributed by atoms with Gasteiger partial charge in [-0.2, -0.15) is 5.26 Å². The van der Waals surface area contributed by atoms with Gasteiger partial charge in [0.1, 0.15) is 23.7 Å². The number of rotatable bonds is 9. The molecule has 2 aliphatic rings. The Morgan fingerprint density at radius 1 is 1.06 bits per heavy atom. The number of amides is 1. The van der Waals surface area contributed by atoms with Gasteiger partial charge in [-0.05, 0) is 78.5 Å². The Labute approximate surface area is 303 Å². The smallest absolute Gasteiger partial charge is 0.410 e. The zero-order valence-electron chi connectivity index (χ0n) is 28.1. The van der Waals surface area contributed by atoms with Gasteiger partial charge >= 0.3 is 12.1 Å². The van der Waals surface area contributed by atoms with Crippen LogP contribution in [0.3, 0.4) is 0 Å². The number of carbonyl (C=O) groups excluding carboxylic acids is 1. The number of nitrogens with zero attached hydrogens (tertiary/aromatic N) is 6.